The van der Waals surface area contributed by atoms with Crippen LogP contribution in [0.15, 0.2) is 31.8 Å². The summed E-state index contributed by atoms with van der Waals surface area (Å²) >= 11 is 10.00. The summed E-state index contributed by atoms with van der Waals surface area (Å²) in [6.45, 7) is 1.10. The van der Waals surface area contributed by atoms with Crippen LogP contribution in [0.1, 0.15) is 9.75 Å². The smallest absolute Gasteiger partial charge is 0.315 e. The van der Waals surface area contributed by atoms with E-state index in [-0.39, 0.29) is 6.03 Å². The van der Waals surface area contributed by atoms with Crippen molar-refractivity contribution in [1.82, 2.24) is 10.6 Å². The maximum absolute atomic E-state index is 11.6. The number of rotatable bonds is 4. The van der Waals surface area contributed by atoms with Crippen LogP contribution in [0, 0.1) is 0 Å². The van der Waals surface area contributed by atoms with Gasteiger partial charge in [-0.1, -0.05) is 0 Å². The van der Waals surface area contributed by atoms with Gasteiger partial charge in [0.2, 0.25) is 0 Å². The molecule has 2 aromatic rings. The van der Waals surface area contributed by atoms with Crippen molar-refractivity contribution in [1.29, 1.82) is 0 Å². The van der Waals surface area contributed by atoms with Crippen molar-refractivity contribution in [2.24, 2.45) is 0 Å². The molecule has 2 aromatic heterocycles. The van der Waals surface area contributed by atoms with Gasteiger partial charge in [-0.2, -0.15) is 0 Å². The molecule has 0 bridgehead atoms. The van der Waals surface area contributed by atoms with E-state index in [0.717, 1.165) is 18.7 Å². The zero-order valence-electron chi connectivity index (χ0n) is 9.20. The number of urea groups is 1. The molecule has 0 saturated carbocycles. The standard InChI is InChI=1S/C11H10Br2N2OS2/c12-7-1-9(17-5-7)3-14-11(16)15-4-10-2-8(13)6-18-10/h1-2,5-6H,3-4H2,(H2,14,15,16). The summed E-state index contributed by atoms with van der Waals surface area (Å²) < 4.78 is 2.10. The fourth-order valence-electron chi connectivity index (χ4n) is 1.29. The summed E-state index contributed by atoms with van der Waals surface area (Å²) in [6.07, 6.45) is 0. The molecule has 0 aliphatic rings. The Morgan fingerprint density at radius 3 is 1.78 bits per heavy atom. The highest BCUT2D eigenvalue weighted by atomic mass is 79.9. The molecule has 0 fully saturated rings. The van der Waals surface area contributed by atoms with Gasteiger partial charge in [0, 0.05) is 29.5 Å². The van der Waals surface area contributed by atoms with Crippen LogP contribution in [0.5, 0.6) is 0 Å². The molecule has 0 radical (unpaired) electrons. The highest BCUT2D eigenvalue weighted by Crippen LogP contribution is 2.20. The van der Waals surface area contributed by atoms with E-state index in [9.17, 15) is 4.79 Å². The van der Waals surface area contributed by atoms with E-state index < -0.39 is 0 Å². The first-order valence-electron chi connectivity index (χ1n) is 5.11. The summed E-state index contributed by atoms with van der Waals surface area (Å²) in [4.78, 5) is 13.8. The fourth-order valence-corrected chi connectivity index (χ4v) is 4.07. The molecule has 0 spiro atoms. The van der Waals surface area contributed by atoms with E-state index >= 15 is 0 Å². The van der Waals surface area contributed by atoms with E-state index in [0.29, 0.717) is 13.1 Å². The third-order valence-corrected chi connectivity index (χ3v) is 5.49. The van der Waals surface area contributed by atoms with E-state index in [1.807, 2.05) is 22.9 Å². The minimum atomic E-state index is -0.149. The molecule has 7 heteroatoms. The van der Waals surface area contributed by atoms with Gasteiger partial charge in [0.05, 0.1) is 13.1 Å². The van der Waals surface area contributed by atoms with E-state index in [1.54, 1.807) is 22.7 Å². The second kappa shape index (κ2) is 6.70. The molecule has 0 aliphatic heterocycles. The van der Waals surface area contributed by atoms with Gasteiger partial charge in [-0.15, -0.1) is 22.7 Å². The average Bonchev–Trinajstić information content (AvgIpc) is 2.93. The maximum Gasteiger partial charge on any atom is 0.315 e. The first-order valence-corrected chi connectivity index (χ1v) is 8.45. The quantitative estimate of drug-likeness (QED) is 0.774. The molecule has 3 nitrogen and oxygen atoms in total. The van der Waals surface area contributed by atoms with E-state index in [2.05, 4.69) is 42.5 Å². The van der Waals surface area contributed by atoms with Gasteiger partial charge in [-0.25, -0.2) is 4.79 Å². The van der Waals surface area contributed by atoms with Gasteiger partial charge in [0.25, 0.3) is 0 Å². The Balaban J connectivity index is 1.72. The summed E-state index contributed by atoms with van der Waals surface area (Å²) in [6, 6.07) is 3.85. The van der Waals surface area contributed by atoms with Crippen LogP contribution in [0.25, 0.3) is 0 Å². The van der Waals surface area contributed by atoms with Crippen LogP contribution in [0.4, 0.5) is 4.79 Å². The third-order valence-electron chi connectivity index (χ3n) is 2.09. The first-order chi connectivity index (χ1) is 8.63. The Morgan fingerprint density at radius 2 is 1.44 bits per heavy atom. The minimum absolute atomic E-state index is 0.149. The lowest BCUT2D eigenvalue weighted by molar-refractivity contribution is 0.240. The summed E-state index contributed by atoms with van der Waals surface area (Å²) in [5, 5.41) is 9.64. The molecule has 0 aromatic carbocycles. The normalized spacial score (nSPS) is 10.3. The van der Waals surface area contributed by atoms with Gasteiger partial charge >= 0.3 is 6.03 Å². The Morgan fingerprint density at radius 1 is 1.00 bits per heavy atom. The highest BCUT2D eigenvalue weighted by Gasteiger charge is 2.03. The van der Waals surface area contributed by atoms with Crippen molar-refractivity contribution in [3.05, 3.63) is 41.6 Å². The Labute approximate surface area is 130 Å². The molecule has 96 valence electrons. The van der Waals surface area contributed by atoms with Crippen molar-refractivity contribution in [2.75, 3.05) is 0 Å². The van der Waals surface area contributed by atoms with Crippen LogP contribution in [-0.4, -0.2) is 6.03 Å². The first kappa shape index (κ1) is 14.0. The van der Waals surface area contributed by atoms with Crippen LogP contribution in [0.3, 0.4) is 0 Å². The second-order valence-corrected chi connectivity index (χ2v) is 7.32. The summed E-state index contributed by atoms with van der Waals surface area (Å²) in [5.41, 5.74) is 0. The molecule has 2 heterocycles. The SMILES string of the molecule is O=C(NCc1cc(Br)cs1)NCc1cc(Br)cs1. The Kier molecular flexibility index (Phi) is 5.23. The van der Waals surface area contributed by atoms with Gasteiger partial charge in [-0.3, -0.25) is 0 Å². The van der Waals surface area contributed by atoms with Gasteiger partial charge in [0.15, 0.2) is 0 Å². The van der Waals surface area contributed by atoms with Crippen molar-refractivity contribution in [3.63, 3.8) is 0 Å². The van der Waals surface area contributed by atoms with Gasteiger partial charge in [0.1, 0.15) is 0 Å². The molecular formula is C11H10Br2N2OS2. The van der Waals surface area contributed by atoms with Crippen molar-refractivity contribution >= 4 is 60.6 Å². The van der Waals surface area contributed by atoms with E-state index in [4.69, 9.17) is 0 Å². The molecule has 2 amide bonds. The zero-order valence-corrected chi connectivity index (χ0v) is 14.0. The minimum Gasteiger partial charge on any atom is -0.333 e. The largest absolute Gasteiger partial charge is 0.333 e. The number of carbonyl (C=O) groups excluding carboxylic acids is 1. The number of nitrogens with one attached hydrogen (secondary N) is 2. The second-order valence-electron chi connectivity index (χ2n) is 3.50. The lowest BCUT2D eigenvalue weighted by atomic mass is 10.4. The lowest BCUT2D eigenvalue weighted by Gasteiger charge is -2.05. The monoisotopic (exact) mass is 408 g/mol. The zero-order chi connectivity index (χ0) is 13.0. The van der Waals surface area contributed by atoms with E-state index in [1.165, 1.54) is 0 Å². The molecule has 2 rings (SSSR count). The molecule has 0 aliphatic carbocycles. The van der Waals surface area contributed by atoms with Crippen LogP contribution < -0.4 is 10.6 Å². The Hall–Kier alpha value is -0.370. The van der Waals surface area contributed by atoms with Gasteiger partial charge in [-0.05, 0) is 44.0 Å². The molecule has 2 N–H and O–H groups in total. The third kappa shape index (κ3) is 4.38. The van der Waals surface area contributed by atoms with Crippen LogP contribution >= 0.6 is 54.5 Å². The number of hydrogen-bond donors (Lipinski definition) is 2. The topological polar surface area (TPSA) is 41.1 Å². The molecular weight excluding hydrogens is 400 g/mol. The number of carbonyl (C=O) groups is 1. The lowest BCUT2D eigenvalue weighted by Crippen LogP contribution is -2.34. The number of hydrogen-bond acceptors (Lipinski definition) is 3. The summed E-state index contributed by atoms with van der Waals surface area (Å²) in [5.74, 6) is 0. The number of thiophene rings is 2. The molecule has 0 saturated heterocycles. The molecule has 0 unspecified atom stereocenters. The van der Waals surface area contributed by atoms with Crippen molar-refractivity contribution in [2.45, 2.75) is 13.1 Å². The fraction of sp³-hybridized carbons (Fsp3) is 0.182. The van der Waals surface area contributed by atoms with Crippen molar-refractivity contribution in [3.8, 4) is 0 Å². The highest BCUT2D eigenvalue weighted by molar-refractivity contribution is 9.10. The van der Waals surface area contributed by atoms with Crippen LogP contribution in [-0.2, 0) is 13.1 Å². The van der Waals surface area contributed by atoms with Gasteiger partial charge < -0.3 is 10.6 Å². The van der Waals surface area contributed by atoms with Crippen LogP contribution in [0.2, 0.25) is 0 Å². The average molecular weight is 410 g/mol. The maximum atomic E-state index is 11.6. The summed E-state index contributed by atoms with van der Waals surface area (Å²) in [7, 11) is 0. The molecule has 18 heavy (non-hydrogen) atoms. The predicted octanol–water partition coefficient (Wildman–Crippen LogP) is 4.33. The number of amides is 2. The number of halogens is 2. The van der Waals surface area contributed by atoms with Crippen molar-refractivity contribution < 1.29 is 4.79 Å². The predicted molar refractivity (Wildman–Crippen MR) is 83.1 cm³/mol. The Bertz CT molecular complexity index is 492. The molecule has 0 atom stereocenters.